The van der Waals surface area contributed by atoms with E-state index >= 15 is 0 Å². The molecule has 0 saturated heterocycles. The van der Waals surface area contributed by atoms with Gasteiger partial charge < -0.3 is 10.1 Å². The maximum absolute atomic E-state index is 11.9. The summed E-state index contributed by atoms with van der Waals surface area (Å²) in [4.78, 5) is 23.7. The fourth-order valence-electron chi connectivity index (χ4n) is 2.82. The topological polar surface area (TPSA) is 55.4 Å². The molecule has 1 aliphatic rings. The van der Waals surface area contributed by atoms with E-state index in [0.29, 0.717) is 17.4 Å². The molecule has 1 aliphatic carbocycles. The zero-order chi connectivity index (χ0) is 15.2. The lowest BCUT2D eigenvalue weighted by Crippen LogP contribution is -2.45. The summed E-state index contributed by atoms with van der Waals surface area (Å²) in [5.41, 5.74) is 0.463. The van der Waals surface area contributed by atoms with Crippen LogP contribution >= 0.6 is 0 Å². The average Bonchev–Trinajstić information content (AvgIpc) is 2.50. The first-order valence-corrected chi connectivity index (χ1v) is 7.59. The molecular weight excluding hydrogens is 266 g/mol. The van der Waals surface area contributed by atoms with Crippen LogP contribution in [-0.2, 0) is 9.53 Å². The first kappa shape index (κ1) is 15.5. The predicted octanol–water partition coefficient (Wildman–Crippen LogP) is 2.78. The van der Waals surface area contributed by atoms with E-state index < -0.39 is 5.97 Å². The number of carbonyl (C=O) groups excluding carboxylic acids is 2. The lowest BCUT2D eigenvalue weighted by atomic mass is 9.78. The number of hydrogen-bond acceptors (Lipinski definition) is 3. The van der Waals surface area contributed by atoms with Crippen LogP contribution in [-0.4, -0.2) is 24.5 Å². The Kier molecular flexibility index (Phi) is 5.37. The predicted molar refractivity (Wildman–Crippen MR) is 80.8 cm³/mol. The molecule has 0 unspecified atom stereocenters. The zero-order valence-electron chi connectivity index (χ0n) is 12.7. The van der Waals surface area contributed by atoms with E-state index in [1.165, 1.54) is 6.42 Å². The van der Waals surface area contributed by atoms with Gasteiger partial charge in [-0.1, -0.05) is 44.9 Å². The van der Waals surface area contributed by atoms with E-state index in [9.17, 15) is 9.59 Å². The van der Waals surface area contributed by atoms with Crippen molar-refractivity contribution in [2.45, 2.75) is 39.2 Å². The number of nitrogens with one attached hydrogen (secondary N) is 1. The summed E-state index contributed by atoms with van der Waals surface area (Å²) >= 11 is 0. The van der Waals surface area contributed by atoms with Gasteiger partial charge in [0.2, 0.25) is 0 Å². The maximum atomic E-state index is 11.9. The van der Waals surface area contributed by atoms with Crippen molar-refractivity contribution >= 4 is 11.9 Å². The fraction of sp³-hybridized carbons (Fsp3) is 0.529. The Hall–Kier alpha value is -1.84. The summed E-state index contributed by atoms with van der Waals surface area (Å²) < 4.78 is 5.04. The van der Waals surface area contributed by atoms with E-state index in [1.54, 1.807) is 24.3 Å². The Labute approximate surface area is 125 Å². The summed E-state index contributed by atoms with van der Waals surface area (Å²) in [5.74, 6) is 0.407. The summed E-state index contributed by atoms with van der Waals surface area (Å²) in [6.07, 6.45) is 3.36. The van der Waals surface area contributed by atoms with Crippen molar-refractivity contribution in [2.24, 2.45) is 11.8 Å². The second kappa shape index (κ2) is 7.25. The third kappa shape index (κ3) is 4.31. The number of benzene rings is 1. The van der Waals surface area contributed by atoms with Gasteiger partial charge in [0.1, 0.15) is 0 Å². The summed E-state index contributed by atoms with van der Waals surface area (Å²) in [6.45, 7) is 4.18. The highest BCUT2D eigenvalue weighted by molar-refractivity contribution is 5.91. The van der Waals surface area contributed by atoms with E-state index in [4.69, 9.17) is 4.74 Å². The van der Waals surface area contributed by atoms with Crippen LogP contribution in [0.2, 0.25) is 0 Å². The fourth-order valence-corrected chi connectivity index (χ4v) is 2.82. The van der Waals surface area contributed by atoms with Gasteiger partial charge in [-0.15, -0.1) is 0 Å². The Morgan fingerprint density at radius 2 is 1.90 bits per heavy atom. The molecule has 0 aliphatic heterocycles. The standard InChI is InChI=1S/C17H23NO3/c1-12-7-6-10-15(13(12)2)18-16(19)11-21-17(20)14-8-4-3-5-9-14/h3-5,8-9,12-13,15H,6-7,10-11H2,1-2H3,(H,18,19)/t12-,13+,15+/m0/s1. The van der Waals surface area contributed by atoms with Gasteiger partial charge in [-0.05, 0) is 30.4 Å². The van der Waals surface area contributed by atoms with Gasteiger partial charge in [0, 0.05) is 6.04 Å². The van der Waals surface area contributed by atoms with Crippen molar-refractivity contribution in [3.63, 3.8) is 0 Å². The molecule has 0 radical (unpaired) electrons. The van der Waals surface area contributed by atoms with Crippen molar-refractivity contribution in [3.05, 3.63) is 35.9 Å². The monoisotopic (exact) mass is 289 g/mol. The highest BCUT2D eigenvalue weighted by Crippen LogP contribution is 2.29. The minimum absolute atomic E-state index is 0.191. The van der Waals surface area contributed by atoms with Gasteiger partial charge in [-0.25, -0.2) is 4.79 Å². The molecule has 0 spiro atoms. The van der Waals surface area contributed by atoms with Crippen LogP contribution in [0.25, 0.3) is 0 Å². The lowest BCUT2D eigenvalue weighted by molar-refractivity contribution is -0.125. The molecule has 1 N–H and O–H groups in total. The van der Waals surface area contributed by atoms with E-state index in [1.807, 2.05) is 6.07 Å². The van der Waals surface area contributed by atoms with Gasteiger partial charge in [0.05, 0.1) is 5.56 Å². The Balaban J connectivity index is 1.78. The van der Waals surface area contributed by atoms with Crippen molar-refractivity contribution in [3.8, 4) is 0 Å². The van der Waals surface area contributed by atoms with Gasteiger partial charge >= 0.3 is 5.97 Å². The first-order valence-electron chi connectivity index (χ1n) is 7.59. The highest BCUT2D eigenvalue weighted by atomic mass is 16.5. The van der Waals surface area contributed by atoms with Crippen LogP contribution in [0.15, 0.2) is 30.3 Å². The Morgan fingerprint density at radius 1 is 1.19 bits per heavy atom. The highest BCUT2D eigenvalue weighted by Gasteiger charge is 2.28. The van der Waals surface area contributed by atoms with Crippen molar-refractivity contribution in [1.29, 1.82) is 0 Å². The number of amides is 1. The summed E-state index contributed by atoms with van der Waals surface area (Å²) in [5, 5.41) is 2.99. The maximum Gasteiger partial charge on any atom is 0.338 e. The number of hydrogen-bond donors (Lipinski definition) is 1. The number of esters is 1. The molecule has 0 bridgehead atoms. The molecule has 3 atom stereocenters. The first-order chi connectivity index (χ1) is 10.1. The molecule has 4 nitrogen and oxygen atoms in total. The molecule has 1 aromatic carbocycles. The number of ether oxygens (including phenoxy) is 1. The van der Waals surface area contributed by atoms with Crippen LogP contribution in [0, 0.1) is 11.8 Å². The summed E-state index contributed by atoms with van der Waals surface area (Å²) in [7, 11) is 0. The molecule has 1 saturated carbocycles. The van der Waals surface area contributed by atoms with E-state index in [2.05, 4.69) is 19.2 Å². The van der Waals surface area contributed by atoms with E-state index in [0.717, 1.165) is 12.8 Å². The van der Waals surface area contributed by atoms with Crippen LogP contribution in [0.3, 0.4) is 0 Å². The van der Waals surface area contributed by atoms with Crippen molar-refractivity contribution < 1.29 is 14.3 Å². The third-order valence-corrected chi connectivity index (χ3v) is 4.40. The molecule has 114 valence electrons. The molecule has 0 heterocycles. The molecule has 1 fully saturated rings. The quantitative estimate of drug-likeness (QED) is 0.867. The minimum atomic E-state index is -0.462. The SMILES string of the molecule is C[C@@H]1[C@@H](C)CCC[C@H]1NC(=O)COC(=O)c1ccccc1. The van der Waals surface area contributed by atoms with Gasteiger partial charge in [0.25, 0.3) is 5.91 Å². The van der Waals surface area contributed by atoms with Gasteiger partial charge in [0.15, 0.2) is 6.61 Å². The largest absolute Gasteiger partial charge is 0.452 e. The summed E-state index contributed by atoms with van der Waals surface area (Å²) in [6, 6.07) is 8.89. The third-order valence-electron chi connectivity index (χ3n) is 4.40. The smallest absolute Gasteiger partial charge is 0.338 e. The molecular formula is C17H23NO3. The second-order valence-corrected chi connectivity index (χ2v) is 5.88. The van der Waals surface area contributed by atoms with Gasteiger partial charge in [-0.2, -0.15) is 0 Å². The number of rotatable bonds is 4. The zero-order valence-corrected chi connectivity index (χ0v) is 12.7. The van der Waals surface area contributed by atoms with Crippen LogP contribution in [0.1, 0.15) is 43.5 Å². The Bertz CT molecular complexity index is 486. The molecule has 1 amide bonds. The van der Waals surface area contributed by atoms with E-state index in [-0.39, 0.29) is 18.6 Å². The molecule has 0 aromatic heterocycles. The average molecular weight is 289 g/mol. The molecule has 4 heteroatoms. The molecule has 2 rings (SSSR count). The van der Waals surface area contributed by atoms with Crippen molar-refractivity contribution in [2.75, 3.05) is 6.61 Å². The molecule has 21 heavy (non-hydrogen) atoms. The second-order valence-electron chi connectivity index (χ2n) is 5.88. The number of carbonyl (C=O) groups is 2. The van der Waals surface area contributed by atoms with Crippen LogP contribution in [0.4, 0.5) is 0 Å². The Morgan fingerprint density at radius 3 is 2.62 bits per heavy atom. The minimum Gasteiger partial charge on any atom is -0.452 e. The van der Waals surface area contributed by atoms with Crippen LogP contribution < -0.4 is 5.32 Å². The molecule has 1 aromatic rings. The van der Waals surface area contributed by atoms with Gasteiger partial charge in [-0.3, -0.25) is 4.79 Å². The van der Waals surface area contributed by atoms with Crippen LogP contribution in [0.5, 0.6) is 0 Å². The normalized spacial score (nSPS) is 25.1. The lowest BCUT2D eigenvalue weighted by Gasteiger charge is -2.34. The van der Waals surface area contributed by atoms with Crippen molar-refractivity contribution in [1.82, 2.24) is 5.32 Å².